The third-order valence-electron chi connectivity index (χ3n) is 18.1. The summed E-state index contributed by atoms with van der Waals surface area (Å²) in [6.45, 7) is 9.59. The number of ether oxygens (including phenoxy) is 4. The van der Waals surface area contributed by atoms with E-state index < -0.39 is 97.5 Å². The van der Waals surface area contributed by atoms with Gasteiger partial charge in [0, 0.05) is 25.7 Å². The summed E-state index contributed by atoms with van der Waals surface area (Å²) in [7, 11) is -9.93. The maximum Gasteiger partial charge on any atom is 0.472 e. The molecular weight excluding hydrogens is 1290 g/mol. The highest BCUT2D eigenvalue weighted by Crippen LogP contribution is 2.45. The minimum Gasteiger partial charge on any atom is -0.462 e. The molecule has 0 amide bonds. The Morgan fingerprint density at radius 2 is 0.545 bits per heavy atom. The fourth-order valence-electron chi connectivity index (χ4n) is 11.8. The molecule has 0 bridgehead atoms. The Morgan fingerprint density at radius 3 is 0.828 bits per heavy atom. The largest absolute Gasteiger partial charge is 0.472 e. The summed E-state index contributed by atoms with van der Waals surface area (Å²) >= 11 is 0. The lowest BCUT2D eigenvalue weighted by atomic mass is 10.0. The maximum absolute atomic E-state index is 13.1. The molecule has 0 heterocycles. The quantitative estimate of drug-likeness (QED) is 0.0169. The number of carbonyl (C=O) groups is 4. The third-order valence-corrected chi connectivity index (χ3v) is 20.0. The number of phosphoric ester groups is 2. The van der Waals surface area contributed by atoms with Crippen molar-refractivity contribution >= 4 is 39.5 Å². The van der Waals surface area contributed by atoms with E-state index >= 15 is 0 Å². The second-order valence-electron chi connectivity index (χ2n) is 29.1. The molecule has 0 saturated carbocycles. The number of esters is 4. The summed E-state index contributed by atoms with van der Waals surface area (Å²) in [5.74, 6) is -0.568. The Labute approximate surface area is 605 Å². The molecule has 19 heteroatoms. The molecule has 5 atom stereocenters. The number of allylic oxidation sites excluding steroid dienone is 4. The normalized spacial score (nSPS) is 14.1. The predicted molar refractivity (Wildman–Crippen MR) is 404 cm³/mol. The molecule has 584 valence electrons. The van der Waals surface area contributed by atoms with Crippen LogP contribution < -0.4 is 0 Å². The van der Waals surface area contributed by atoms with E-state index in [9.17, 15) is 43.2 Å². The van der Waals surface area contributed by atoms with Gasteiger partial charge in [-0.1, -0.05) is 342 Å². The maximum atomic E-state index is 13.1. The van der Waals surface area contributed by atoms with Gasteiger partial charge in [0.25, 0.3) is 0 Å². The Morgan fingerprint density at radius 1 is 0.313 bits per heavy atom. The number of hydrogen-bond donors (Lipinski definition) is 3. The fraction of sp³-hybridized carbons (Fsp3) is 0.900. The fourth-order valence-corrected chi connectivity index (χ4v) is 13.4. The van der Waals surface area contributed by atoms with E-state index in [2.05, 4.69) is 65.8 Å². The molecule has 99 heavy (non-hydrogen) atoms. The van der Waals surface area contributed by atoms with Crippen LogP contribution in [-0.4, -0.2) is 96.7 Å². The standard InChI is InChI=1S/C80H152O17P2/c1-7-9-11-13-15-17-19-20-23-27-33-39-45-51-57-63-78(83)91-69-76(96-79(84)64-58-52-46-40-34-28-25-22-21-24-26-31-36-42-48-54-60-72(3)4)71-95-99(88,89)93-67-74(81)66-92-98(86,87)94-70-75(68-90-77(82)62-56-50-44-38-30-18-16-14-12-10-8-2)97-80(85)65-59-53-47-41-35-29-32-37-43-49-55-61-73(5)6/h17,19-20,23,72-76,81H,7-16,18,21-22,24-71H2,1-6H3,(H,86,87)(H,88,89)/b19-17-,23-20-/t74-,75+,76+/m0/s1. The van der Waals surface area contributed by atoms with E-state index in [4.69, 9.17) is 37.0 Å². The van der Waals surface area contributed by atoms with Crippen molar-refractivity contribution in [2.45, 2.75) is 413 Å². The number of unbranched alkanes of at least 4 members (excludes halogenated alkanes) is 44. The smallest absolute Gasteiger partial charge is 0.462 e. The first kappa shape index (κ1) is 96.5. The van der Waals surface area contributed by atoms with Crippen LogP contribution in [0.3, 0.4) is 0 Å². The first-order valence-corrected chi connectivity index (χ1v) is 43.8. The van der Waals surface area contributed by atoms with Crippen molar-refractivity contribution in [1.82, 2.24) is 0 Å². The number of carbonyl (C=O) groups excluding carboxylic acids is 4. The van der Waals surface area contributed by atoms with Crippen LogP contribution in [0.25, 0.3) is 0 Å². The highest BCUT2D eigenvalue weighted by atomic mass is 31.2. The van der Waals surface area contributed by atoms with Crippen molar-refractivity contribution in [3.63, 3.8) is 0 Å². The van der Waals surface area contributed by atoms with Crippen LogP contribution >= 0.6 is 15.6 Å². The summed E-state index contributed by atoms with van der Waals surface area (Å²) in [5, 5.41) is 10.6. The zero-order chi connectivity index (χ0) is 72.8. The highest BCUT2D eigenvalue weighted by molar-refractivity contribution is 7.47. The van der Waals surface area contributed by atoms with Crippen molar-refractivity contribution in [3.05, 3.63) is 24.3 Å². The van der Waals surface area contributed by atoms with Crippen molar-refractivity contribution in [1.29, 1.82) is 0 Å². The number of phosphoric acid groups is 2. The summed E-state index contributed by atoms with van der Waals surface area (Å²) < 4.78 is 68.6. The Hall–Kier alpha value is -2.46. The van der Waals surface area contributed by atoms with Crippen molar-refractivity contribution in [2.75, 3.05) is 39.6 Å². The van der Waals surface area contributed by atoms with Crippen molar-refractivity contribution in [2.24, 2.45) is 11.8 Å². The summed E-state index contributed by atoms with van der Waals surface area (Å²) in [4.78, 5) is 73.0. The van der Waals surface area contributed by atoms with Gasteiger partial charge >= 0.3 is 39.5 Å². The Balaban J connectivity index is 5.28. The average Bonchev–Trinajstić information content (AvgIpc) is 1.01. The van der Waals surface area contributed by atoms with E-state index in [0.29, 0.717) is 25.7 Å². The SMILES string of the molecule is CCCCCC/C=C\C=C/CCCCCCCC(=O)OC[C@H](COP(=O)(O)OC[C@@H](O)COP(=O)(O)OC[C@@H](COC(=O)CCCCCCCCCCCCC)OC(=O)CCCCCCCCCCCCCC(C)C)OC(=O)CCCCCCCCCCCCCCCCCCC(C)C. The van der Waals surface area contributed by atoms with Crippen LogP contribution in [0.2, 0.25) is 0 Å². The Bertz CT molecular complexity index is 2000. The molecule has 2 unspecified atom stereocenters. The predicted octanol–water partition coefficient (Wildman–Crippen LogP) is 23.4. The van der Waals surface area contributed by atoms with Crippen molar-refractivity contribution < 1.29 is 80.2 Å². The van der Waals surface area contributed by atoms with Crippen LogP contribution in [0.1, 0.15) is 395 Å². The van der Waals surface area contributed by atoms with Gasteiger partial charge < -0.3 is 33.8 Å². The lowest BCUT2D eigenvalue weighted by Crippen LogP contribution is -2.30. The molecule has 0 aromatic rings. The van der Waals surface area contributed by atoms with Gasteiger partial charge in [0.15, 0.2) is 12.2 Å². The van der Waals surface area contributed by atoms with Crippen LogP contribution in [0, 0.1) is 11.8 Å². The van der Waals surface area contributed by atoms with Gasteiger partial charge in [0.2, 0.25) is 0 Å². The van der Waals surface area contributed by atoms with Gasteiger partial charge in [-0.05, 0) is 63.2 Å². The molecule has 0 fully saturated rings. The molecule has 0 rings (SSSR count). The summed E-state index contributed by atoms with van der Waals surface area (Å²) in [5.41, 5.74) is 0. The molecule has 0 aromatic carbocycles. The van der Waals surface area contributed by atoms with Crippen molar-refractivity contribution in [3.8, 4) is 0 Å². The minimum absolute atomic E-state index is 0.101. The molecule has 0 aromatic heterocycles. The minimum atomic E-state index is -4.97. The number of rotatable bonds is 77. The van der Waals surface area contributed by atoms with Crippen LogP contribution in [0.5, 0.6) is 0 Å². The third kappa shape index (κ3) is 73.6. The van der Waals surface area contributed by atoms with E-state index in [1.165, 1.54) is 193 Å². The zero-order valence-electron chi connectivity index (χ0n) is 64.3. The Kier molecular flexibility index (Phi) is 69.4. The average molecular weight is 1450 g/mol. The first-order chi connectivity index (χ1) is 47.9. The number of aliphatic hydroxyl groups is 1. The molecule has 0 radical (unpaired) electrons. The van der Waals surface area contributed by atoms with Crippen LogP contribution in [-0.2, 0) is 65.4 Å². The number of hydrogen-bond acceptors (Lipinski definition) is 15. The van der Waals surface area contributed by atoms with Crippen LogP contribution in [0.15, 0.2) is 24.3 Å². The lowest BCUT2D eigenvalue weighted by Gasteiger charge is -2.21. The topological polar surface area (TPSA) is 237 Å². The second-order valence-corrected chi connectivity index (χ2v) is 32.0. The molecule has 3 N–H and O–H groups in total. The lowest BCUT2D eigenvalue weighted by molar-refractivity contribution is -0.161. The molecular formula is C80H152O17P2. The van der Waals surface area contributed by atoms with Gasteiger partial charge in [-0.15, -0.1) is 0 Å². The van der Waals surface area contributed by atoms with E-state index in [1.807, 2.05) is 0 Å². The molecule has 0 aliphatic carbocycles. The van der Waals surface area contributed by atoms with E-state index in [-0.39, 0.29) is 25.7 Å². The second kappa shape index (κ2) is 71.2. The summed E-state index contributed by atoms with van der Waals surface area (Å²) in [6, 6.07) is 0. The van der Waals surface area contributed by atoms with Gasteiger partial charge in [-0.25, -0.2) is 9.13 Å². The molecule has 0 aliphatic rings. The van der Waals surface area contributed by atoms with E-state index in [0.717, 1.165) is 121 Å². The molecule has 17 nitrogen and oxygen atoms in total. The van der Waals surface area contributed by atoms with Gasteiger partial charge in [0.1, 0.15) is 19.3 Å². The van der Waals surface area contributed by atoms with E-state index in [1.54, 1.807) is 0 Å². The molecule has 0 spiro atoms. The monoisotopic (exact) mass is 1450 g/mol. The zero-order valence-corrected chi connectivity index (χ0v) is 66.1. The van der Waals surface area contributed by atoms with Gasteiger partial charge in [-0.3, -0.25) is 37.3 Å². The first-order valence-electron chi connectivity index (χ1n) is 40.8. The number of aliphatic hydroxyl groups excluding tert-OH is 1. The van der Waals surface area contributed by atoms with Gasteiger partial charge in [0.05, 0.1) is 26.4 Å². The summed E-state index contributed by atoms with van der Waals surface area (Å²) in [6.07, 6.45) is 63.1. The van der Waals surface area contributed by atoms with Crippen LogP contribution in [0.4, 0.5) is 0 Å². The molecule has 0 aliphatic heterocycles. The van der Waals surface area contributed by atoms with Gasteiger partial charge in [-0.2, -0.15) is 0 Å². The molecule has 0 saturated heterocycles. The highest BCUT2D eigenvalue weighted by Gasteiger charge is 2.30.